The van der Waals surface area contributed by atoms with E-state index in [9.17, 15) is 22.8 Å². The number of amides is 2. The van der Waals surface area contributed by atoms with E-state index >= 15 is 0 Å². The monoisotopic (exact) mass is 416 g/mol. The number of anilines is 2. The summed E-state index contributed by atoms with van der Waals surface area (Å²) >= 11 is 0. The molecule has 2 amide bonds. The number of sulfone groups is 1. The Hall–Kier alpha value is -3.20. The average Bonchev–Trinajstić information content (AvgIpc) is 2.72. The van der Waals surface area contributed by atoms with Crippen molar-refractivity contribution in [3.63, 3.8) is 0 Å². The van der Waals surface area contributed by atoms with E-state index in [0.717, 1.165) is 0 Å². The van der Waals surface area contributed by atoms with Crippen LogP contribution in [0.5, 0.6) is 0 Å². The van der Waals surface area contributed by atoms with E-state index in [1.165, 1.54) is 43.0 Å². The summed E-state index contributed by atoms with van der Waals surface area (Å²) in [5, 5.41) is 2.67. The highest BCUT2D eigenvalue weighted by molar-refractivity contribution is 7.91. The van der Waals surface area contributed by atoms with Gasteiger partial charge < -0.3 is 10.1 Å². The highest BCUT2D eigenvalue weighted by Gasteiger charge is 2.32. The van der Waals surface area contributed by atoms with Crippen LogP contribution in [-0.2, 0) is 24.2 Å². The van der Waals surface area contributed by atoms with Crippen LogP contribution < -0.4 is 10.2 Å². The minimum absolute atomic E-state index is 0.134. The number of hydrogen-bond donors (Lipinski definition) is 1. The number of carbonyl (C=O) groups excluding carboxylic acids is 3. The van der Waals surface area contributed by atoms with Crippen LogP contribution in [0.25, 0.3) is 0 Å². The SMILES string of the molecule is CCS(=O)(=O)c1ccccc1C(=O)O[C@H](C)C(=O)N1CC(=O)Nc2ccccc21. The topological polar surface area (TPSA) is 110 Å². The van der Waals surface area contributed by atoms with Crippen molar-refractivity contribution in [2.75, 3.05) is 22.5 Å². The largest absolute Gasteiger partial charge is 0.449 e. The smallest absolute Gasteiger partial charge is 0.340 e. The number of nitrogens with zero attached hydrogens (tertiary/aromatic N) is 1. The van der Waals surface area contributed by atoms with Crippen LogP contribution in [0.2, 0.25) is 0 Å². The quantitative estimate of drug-likeness (QED) is 0.747. The molecule has 2 aromatic rings. The standard InChI is InChI=1S/C20H20N2O6S/c1-3-29(26,27)17-11-7-4-8-14(17)20(25)28-13(2)19(24)22-12-18(23)21-15-9-5-6-10-16(15)22/h4-11,13H,3,12H2,1-2H3,(H,21,23)/t13-/m1/s1. The highest BCUT2D eigenvalue weighted by atomic mass is 32.2. The fourth-order valence-electron chi connectivity index (χ4n) is 2.99. The van der Waals surface area contributed by atoms with Crippen LogP contribution in [0, 0.1) is 0 Å². The summed E-state index contributed by atoms with van der Waals surface area (Å²) in [7, 11) is -3.65. The average molecular weight is 416 g/mol. The van der Waals surface area contributed by atoms with Crippen molar-refractivity contribution in [2.24, 2.45) is 0 Å². The Morgan fingerprint density at radius 1 is 1.14 bits per heavy atom. The van der Waals surface area contributed by atoms with Crippen LogP contribution >= 0.6 is 0 Å². The second-order valence-electron chi connectivity index (χ2n) is 6.44. The van der Waals surface area contributed by atoms with Crippen LogP contribution in [0.1, 0.15) is 24.2 Å². The maximum absolute atomic E-state index is 12.9. The van der Waals surface area contributed by atoms with Crippen molar-refractivity contribution in [2.45, 2.75) is 24.8 Å². The second kappa shape index (κ2) is 8.04. The fraction of sp³-hybridized carbons (Fsp3) is 0.250. The third-order valence-electron chi connectivity index (χ3n) is 4.49. The Balaban J connectivity index is 1.83. The predicted molar refractivity (Wildman–Crippen MR) is 106 cm³/mol. The number of para-hydroxylation sites is 2. The molecule has 0 radical (unpaired) electrons. The molecule has 3 rings (SSSR count). The van der Waals surface area contributed by atoms with Gasteiger partial charge in [0.05, 0.1) is 27.6 Å². The first kappa shape index (κ1) is 20.5. The Labute approximate surface area is 168 Å². The van der Waals surface area contributed by atoms with E-state index in [4.69, 9.17) is 4.74 Å². The van der Waals surface area contributed by atoms with Crippen molar-refractivity contribution < 1.29 is 27.5 Å². The molecule has 0 unspecified atom stereocenters. The van der Waals surface area contributed by atoms with E-state index in [1.54, 1.807) is 24.3 Å². The minimum atomic E-state index is -3.65. The summed E-state index contributed by atoms with van der Waals surface area (Å²) in [6, 6.07) is 12.5. The number of hydrogen-bond acceptors (Lipinski definition) is 6. The van der Waals surface area contributed by atoms with Gasteiger partial charge in [0, 0.05) is 0 Å². The van der Waals surface area contributed by atoms with Crippen LogP contribution in [0.4, 0.5) is 11.4 Å². The Bertz CT molecular complexity index is 1080. The normalized spacial score (nSPS) is 14.6. The molecule has 1 N–H and O–H groups in total. The maximum atomic E-state index is 12.9. The Kier molecular flexibility index (Phi) is 5.69. The van der Waals surface area contributed by atoms with Crippen molar-refractivity contribution in [3.05, 3.63) is 54.1 Å². The molecule has 152 valence electrons. The number of carbonyl (C=O) groups is 3. The van der Waals surface area contributed by atoms with Crippen LogP contribution in [0.15, 0.2) is 53.4 Å². The number of ether oxygens (including phenoxy) is 1. The van der Waals surface area contributed by atoms with Gasteiger partial charge in [-0.3, -0.25) is 14.5 Å². The van der Waals surface area contributed by atoms with E-state index in [-0.39, 0.29) is 28.7 Å². The van der Waals surface area contributed by atoms with E-state index in [1.807, 2.05) is 0 Å². The maximum Gasteiger partial charge on any atom is 0.340 e. The van der Waals surface area contributed by atoms with Gasteiger partial charge in [-0.05, 0) is 31.2 Å². The van der Waals surface area contributed by atoms with Crippen molar-refractivity contribution >= 4 is 39.0 Å². The predicted octanol–water partition coefficient (Wildman–Crippen LogP) is 2.01. The first-order chi connectivity index (χ1) is 13.7. The van der Waals surface area contributed by atoms with E-state index in [0.29, 0.717) is 11.4 Å². The zero-order valence-electron chi connectivity index (χ0n) is 15.9. The second-order valence-corrected chi connectivity index (χ2v) is 8.68. The van der Waals surface area contributed by atoms with Gasteiger partial charge in [-0.25, -0.2) is 13.2 Å². The summed E-state index contributed by atoms with van der Waals surface area (Å²) in [6.07, 6.45) is -1.22. The van der Waals surface area contributed by atoms with Gasteiger partial charge in [-0.2, -0.15) is 0 Å². The third-order valence-corrected chi connectivity index (χ3v) is 6.28. The molecule has 1 aliphatic rings. The summed E-state index contributed by atoms with van der Waals surface area (Å²) in [6.45, 7) is 2.65. The molecule has 0 fully saturated rings. The molecule has 0 spiro atoms. The van der Waals surface area contributed by atoms with Crippen molar-refractivity contribution in [1.29, 1.82) is 0 Å². The van der Waals surface area contributed by atoms with E-state index in [2.05, 4.69) is 5.32 Å². The van der Waals surface area contributed by atoms with Gasteiger partial charge in [0.15, 0.2) is 15.9 Å². The molecule has 1 atom stereocenters. The number of fused-ring (bicyclic) bond motifs is 1. The summed E-state index contributed by atoms with van der Waals surface area (Å²) < 4.78 is 29.7. The van der Waals surface area contributed by atoms with Gasteiger partial charge in [0.1, 0.15) is 6.54 Å². The van der Waals surface area contributed by atoms with Crippen LogP contribution in [-0.4, -0.2) is 44.6 Å². The number of rotatable bonds is 5. The molecular formula is C20H20N2O6S. The zero-order chi connectivity index (χ0) is 21.2. The third kappa shape index (κ3) is 4.14. The highest BCUT2D eigenvalue weighted by Crippen LogP contribution is 2.29. The van der Waals surface area contributed by atoms with E-state index < -0.39 is 27.8 Å². The van der Waals surface area contributed by atoms with Gasteiger partial charge >= 0.3 is 5.97 Å². The van der Waals surface area contributed by atoms with Crippen LogP contribution in [0.3, 0.4) is 0 Å². The molecule has 2 aromatic carbocycles. The zero-order valence-corrected chi connectivity index (χ0v) is 16.7. The lowest BCUT2D eigenvalue weighted by Gasteiger charge is -2.30. The summed E-state index contributed by atoms with van der Waals surface area (Å²) in [5.74, 6) is -2.05. The molecule has 1 heterocycles. The molecule has 0 saturated heterocycles. The lowest BCUT2D eigenvalue weighted by Crippen LogP contribution is -2.47. The van der Waals surface area contributed by atoms with Gasteiger partial charge in [0.2, 0.25) is 5.91 Å². The number of esters is 1. The molecular weight excluding hydrogens is 396 g/mol. The molecule has 8 nitrogen and oxygen atoms in total. The lowest BCUT2D eigenvalue weighted by atomic mass is 10.1. The fourth-order valence-corrected chi connectivity index (χ4v) is 4.07. The first-order valence-electron chi connectivity index (χ1n) is 8.97. The Morgan fingerprint density at radius 2 is 1.79 bits per heavy atom. The molecule has 0 saturated carbocycles. The number of nitrogens with one attached hydrogen (secondary N) is 1. The number of benzene rings is 2. The van der Waals surface area contributed by atoms with Crippen molar-refractivity contribution in [1.82, 2.24) is 0 Å². The molecule has 0 aromatic heterocycles. The van der Waals surface area contributed by atoms with Crippen molar-refractivity contribution in [3.8, 4) is 0 Å². The lowest BCUT2D eigenvalue weighted by molar-refractivity contribution is -0.128. The molecule has 1 aliphatic heterocycles. The van der Waals surface area contributed by atoms with Gasteiger partial charge in [0.25, 0.3) is 5.91 Å². The first-order valence-corrected chi connectivity index (χ1v) is 10.6. The molecule has 0 bridgehead atoms. The molecule has 29 heavy (non-hydrogen) atoms. The Morgan fingerprint density at radius 3 is 2.52 bits per heavy atom. The minimum Gasteiger partial charge on any atom is -0.449 e. The van der Waals surface area contributed by atoms with Gasteiger partial charge in [-0.1, -0.05) is 31.2 Å². The van der Waals surface area contributed by atoms with Gasteiger partial charge in [-0.15, -0.1) is 0 Å². The molecule has 0 aliphatic carbocycles. The summed E-state index contributed by atoms with van der Waals surface area (Å²) in [4.78, 5) is 38.5. The molecule has 9 heteroatoms. The summed E-state index contributed by atoms with van der Waals surface area (Å²) in [5.41, 5.74) is 0.842.